The fourth-order valence-electron chi connectivity index (χ4n) is 4.25. The second-order valence-corrected chi connectivity index (χ2v) is 9.02. The molecule has 0 unspecified atom stereocenters. The van der Waals surface area contributed by atoms with Crippen LogP contribution in [0.5, 0.6) is 0 Å². The summed E-state index contributed by atoms with van der Waals surface area (Å²) >= 11 is 0. The highest BCUT2D eigenvalue weighted by atomic mass is 16.1. The van der Waals surface area contributed by atoms with Crippen molar-refractivity contribution in [1.82, 2.24) is 19.8 Å². The average Bonchev–Trinajstić information content (AvgIpc) is 2.80. The molecule has 0 saturated carbocycles. The maximum Gasteiger partial charge on any atom is 0.261 e. The smallest absolute Gasteiger partial charge is 0.261 e. The van der Waals surface area contributed by atoms with Crippen LogP contribution in [0.4, 0.5) is 0 Å². The number of para-hydroxylation sites is 1. The summed E-state index contributed by atoms with van der Waals surface area (Å²) in [5, 5.41) is 3.55. The lowest BCUT2D eigenvalue weighted by Gasteiger charge is -2.30. The van der Waals surface area contributed by atoms with Gasteiger partial charge in [0.05, 0.1) is 17.2 Å². The molecule has 2 aromatic carbocycles. The number of benzene rings is 2. The molecule has 168 valence electrons. The van der Waals surface area contributed by atoms with Crippen molar-refractivity contribution < 1.29 is 4.79 Å². The molecule has 3 aromatic rings. The van der Waals surface area contributed by atoms with Crippen molar-refractivity contribution in [2.75, 3.05) is 13.1 Å². The summed E-state index contributed by atoms with van der Waals surface area (Å²) in [6.07, 6.45) is 4.34. The van der Waals surface area contributed by atoms with Gasteiger partial charge in [-0.15, -0.1) is 0 Å². The molecule has 6 heteroatoms. The molecule has 32 heavy (non-hydrogen) atoms. The summed E-state index contributed by atoms with van der Waals surface area (Å²) in [5.41, 5.74) is 3.98. The summed E-state index contributed by atoms with van der Waals surface area (Å²) in [7, 11) is 0. The molecule has 0 radical (unpaired) electrons. The Morgan fingerprint density at radius 1 is 1.09 bits per heavy atom. The summed E-state index contributed by atoms with van der Waals surface area (Å²) < 4.78 is 1.51. The second kappa shape index (κ2) is 10.1. The number of carbonyl (C=O) groups is 1. The van der Waals surface area contributed by atoms with Gasteiger partial charge >= 0.3 is 0 Å². The second-order valence-electron chi connectivity index (χ2n) is 9.02. The van der Waals surface area contributed by atoms with Crippen LogP contribution >= 0.6 is 0 Å². The first-order valence-electron chi connectivity index (χ1n) is 11.5. The van der Waals surface area contributed by atoms with Gasteiger partial charge in [-0.2, -0.15) is 0 Å². The van der Waals surface area contributed by atoms with E-state index in [9.17, 15) is 9.59 Å². The average molecular weight is 433 g/mol. The topological polar surface area (TPSA) is 67.2 Å². The molecular formula is C26H32N4O2. The van der Waals surface area contributed by atoms with Crippen LogP contribution in [-0.4, -0.2) is 33.4 Å². The van der Waals surface area contributed by atoms with Gasteiger partial charge in [0.15, 0.2) is 0 Å². The minimum absolute atomic E-state index is 0.0762. The number of amides is 1. The van der Waals surface area contributed by atoms with E-state index in [4.69, 9.17) is 0 Å². The van der Waals surface area contributed by atoms with Crippen LogP contribution < -0.4 is 10.9 Å². The number of aromatic nitrogens is 2. The summed E-state index contributed by atoms with van der Waals surface area (Å²) in [5.74, 6) is 0.769. The van der Waals surface area contributed by atoms with Crippen LogP contribution in [-0.2, 0) is 24.4 Å². The molecule has 0 bridgehead atoms. The summed E-state index contributed by atoms with van der Waals surface area (Å²) in [6.45, 7) is 8.42. The number of fused-ring (bicyclic) bond motifs is 1. The van der Waals surface area contributed by atoms with Crippen LogP contribution in [0.2, 0.25) is 0 Å². The van der Waals surface area contributed by atoms with Gasteiger partial charge in [-0.1, -0.05) is 43.3 Å². The fourth-order valence-corrected chi connectivity index (χ4v) is 4.25. The molecule has 1 saturated heterocycles. The quantitative estimate of drug-likeness (QED) is 0.619. The normalized spacial score (nSPS) is 15.2. The van der Waals surface area contributed by atoms with E-state index in [-0.39, 0.29) is 17.9 Å². The highest BCUT2D eigenvalue weighted by Crippen LogP contribution is 2.18. The lowest BCUT2D eigenvalue weighted by Crippen LogP contribution is -2.32. The first kappa shape index (κ1) is 22.2. The number of hydrogen-bond acceptors (Lipinski definition) is 4. The fraction of sp³-hybridized carbons (Fsp3) is 0.423. The molecule has 0 aliphatic carbocycles. The molecule has 2 heterocycles. The first-order chi connectivity index (χ1) is 15.5. The zero-order chi connectivity index (χ0) is 22.5. The van der Waals surface area contributed by atoms with E-state index in [1.165, 1.54) is 42.4 Å². The molecule has 0 spiro atoms. The summed E-state index contributed by atoms with van der Waals surface area (Å²) in [4.78, 5) is 31.9. The number of nitrogens with zero attached hydrogens (tertiary/aromatic N) is 3. The van der Waals surface area contributed by atoms with Gasteiger partial charge in [-0.25, -0.2) is 4.98 Å². The van der Waals surface area contributed by atoms with E-state index in [1.54, 1.807) is 6.07 Å². The molecule has 1 aromatic heterocycles. The lowest BCUT2D eigenvalue weighted by atomic mass is 9.99. The Morgan fingerprint density at radius 3 is 2.56 bits per heavy atom. The lowest BCUT2D eigenvalue weighted by molar-refractivity contribution is -0.121. The van der Waals surface area contributed by atoms with Crippen LogP contribution in [0.15, 0.2) is 53.6 Å². The molecule has 4 rings (SSSR count). The first-order valence-corrected chi connectivity index (χ1v) is 11.5. The maximum atomic E-state index is 12.7. The number of rotatable bonds is 7. The Kier molecular flexibility index (Phi) is 7.00. The molecule has 1 N–H and O–H groups in total. The van der Waals surface area contributed by atoms with Crippen molar-refractivity contribution >= 4 is 16.8 Å². The number of hydrogen-bond donors (Lipinski definition) is 1. The van der Waals surface area contributed by atoms with Crippen molar-refractivity contribution in [3.8, 4) is 0 Å². The van der Waals surface area contributed by atoms with Crippen LogP contribution in [0, 0.1) is 12.8 Å². The highest BCUT2D eigenvalue weighted by Gasteiger charge is 2.15. The standard InChI is InChI=1S/C26H32N4O2/c1-19-10-13-29(14-11-19)17-22-8-6-21(7-9-22)16-27-24(31)12-15-30-18-28-25-20(2)4-3-5-23(25)26(30)32/h3-9,18-19H,10-17H2,1-2H3,(H,27,31). The van der Waals surface area contributed by atoms with E-state index in [0.29, 0.717) is 18.5 Å². The van der Waals surface area contributed by atoms with Gasteiger partial charge < -0.3 is 5.32 Å². The summed E-state index contributed by atoms with van der Waals surface area (Å²) in [6, 6.07) is 14.1. The minimum Gasteiger partial charge on any atom is -0.352 e. The molecular weight excluding hydrogens is 400 g/mol. The van der Waals surface area contributed by atoms with Gasteiger partial charge in [0.25, 0.3) is 5.56 Å². The molecule has 1 aliphatic heterocycles. The van der Waals surface area contributed by atoms with Crippen molar-refractivity contribution in [3.05, 3.63) is 75.8 Å². The van der Waals surface area contributed by atoms with Crippen molar-refractivity contribution in [3.63, 3.8) is 0 Å². The largest absolute Gasteiger partial charge is 0.352 e. The van der Waals surface area contributed by atoms with E-state index in [0.717, 1.165) is 29.1 Å². The van der Waals surface area contributed by atoms with Crippen molar-refractivity contribution in [2.45, 2.75) is 52.7 Å². The van der Waals surface area contributed by atoms with Gasteiger partial charge in [-0.05, 0) is 61.5 Å². The number of likely N-dealkylation sites (tertiary alicyclic amines) is 1. The van der Waals surface area contributed by atoms with Gasteiger partial charge in [-0.3, -0.25) is 19.1 Å². The van der Waals surface area contributed by atoms with Gasteiger partial charge in [0.1, 0.15) is 0 Å². The van der Waals surface area contributed by atoms with Crippen LogP contribution in [0.3, 0.4) is 0 Å². The molecule has 1 aliphatic rings. The third-order valence-corrected chi connectivity index (χ3v) is 6.43. The van der Waals surface area contributed by atoms with Gasteiger partial charge in [0.2, 0.25) is 5.91 Å². The third kappa shape index (κ3) is 5.43. The Balaban J connectivity index is 1.26. The van der Waals surface area contributed by atoms with E-state index < -0.39 is 0 Å². The molecule has 0 atom stereocenters. The monoisotopic (exact) mass is 432 g/mol. The molecule has 1 fully saturated rings. The predicted molar refractivity (Wildman–Crippen MR) is 127 cm³/mol. The van der Waals surface area contributed by atoms with Crippen molar-refractivity contribution in [2.24, 2.45) is 5.92 Å². The number of carbonyl (C=O) groups excluding carboxylic acids is 1. The number of piperidine rings is 1. The predicted octanol–water partition coefficient (Wildman–Crippen LogP) is 3.64. The zero-order valence-electron chi connectivity index (χ0n) is 19.0. The van der Waals surface area contributed by atoms with E-state index in [2.05, 4.69) is 46.4 Å². The number of aryl methyl sites for hydroxylation is 2. The highest BCUT2D eigenvalue weighted by molar-refractivity contribution is 5.80. The molecule has 1 amide bonds. The Hall–Kier alpha value is -2.99. The SMILES string of the molecule is Cc1cccc2c(=O)n(CCC(=O)NCc3ccc(CN4CCC(C)CC4)cc3)cnc12. The van der Waals surface area contributed by atoms with Gasteiger partial charge in [0, 0.05) is 26.1 Å². The van der Waals surface area contributed by atoms with Crippen LogP contribution in [0.1, 0.15) is 42.9 Å². The van der Waals surface area contributed by atoms with E-state index in [1.807, 2.05) is 19.1 Å². The van der Waals surface area contributed by atoms with E-state index >= 15 is 0 Å². The Morgan fingerprint density at radius 2 is 1.81 bits per heavy atom. The Bertz CT molecular complexity index is 1130. The zero-order valence-corrected chi connectivity index (χ0v) is 19.0. The maximum absolute atomic E-state index is 12.7. The van der Waals surface area contributed by atoms with Crippen molar-refractivity contribution in [1.29, 1.82) is 0 Å². The third-order valence-electron chi connectivity index (χ3n) is 6.43. The molecule has 6 nitrogen and oxygen atoms in total. The van der Waals surface area contributed by atoms with Crippen LogP contribution in [0.25, 0.3) is 10.9 Å². The number of nitrogens with one attached hydrogen (secondary N) is 1. The Labute approximate surface area is 189 Å². The minimum atomic E-state index is -0.106.